The smallest absolute Gasteiger partial charge is 0.366 e. The predicted octanol–water partition coefficient (Wildman–Crippen LogP) is 5.93. The number of ether oxygens (including phenoxy) is 2. The second kappa shape index (κ2) is 14.3. The van der Waals surface area contributed by atoms with E-state index >= 15 is 4.79 Å². The molecule has 286 valence electrons. The van der Waals surface area contributed by atoms with Crippen molar-refractivity contribution in [3.63, 3.8) is 0 Å². The molecule has 3 aromatic carbocycles. The summed E-state index contributed by atoms with van der Waals surface area (Å²) in [4.78, 5) is 63.7. The maximum absolute atomic E-state index is 15.6. The average molecular weight is 746 g/mol. The number of carbonyl (C=O) groups excluding carboxylic acids is 3. The van der Waals surface area contributed by atoms with Crippen LogP contribution in [0.4, 0.5) is 0 Å². The second-order valence-corrected chi connectivity index (χ2v) is 16.3. The zero-order chi connectivity index (χ0) is 39.3. The molecule has 1 saturated heterocycles. The van der Waals surface area contributed by atoms with Crippen LogP contribution in [0.2, 0.25) is 0 Å². The molecule has 55 heavy (non-hydrogen) atoms. The highest BCUT2D eigenvalue weighted by molar-refractivity contribution is 5.92. The Morgan fingerprint density at radius 2 is 1.76 bits per heavy atom. The number of nitrogens with zero attached hydrogens (tertiary/aromatic N) is 3. The molecule has 0 spiro atoms. The van der Waals surface area contributed by atoms with Crippen molar-refractivity contribution in [3.05, 3.63) is 103 Å². The van der Waals surface area contributed by atoms with Gasteiger partial charge in [-0.15, -0.1) is 6.58 Å². The Kier molecular flexibility index (Phi) is 9.79. The van der Waals surface area contributed by atoms with Gasteiger partial charge in [0.05, 0.1) is 36.6 Å². The number of rotatable bonds is 11. The summed E-state index contributed by atoms with van der Waals surface area (Å²) in [5.74, 6) is -3.18. The van der Waals surface area contributed by atoms with E-state index in [9.17, 15) is 19.5 Å². The monoisotopic (exact) mass is 745 g/mol. The number of quaternary nitrogens is 1. The van der Waals surface area contributed by atoms with Crippen molar-refractivity contribution in [1.82, 2.24) is 9.88 Å². The first-order valence-corrected chi connectivity index (χ1v) is 18.9. The third kappa shape index (κ3) is 6.54. The quantitative estimate of drug-likeness (QED) is 0.142. The highest BCUT2D eigenvalue weighted by Crippen LogP contribution is 2.59. The van der Waals surface area contributed by atoms with E-state index in [1.165, 1.54) is 5.56 Å². The molecule has 6 atom stereocenters. The minimum atomic E-state index is -1.71. The number of amides is 3. The number of carboxylic acid groups (broad SMARTS) is 1. The van der Waals surface area contributed by atoms with Crippen LogP contribution in [0, 0.1) is 17.3 Å². The minimum absolute atomic E-state index is 0.00563. The number of nitrogens with two attached hydrogens (primary N) is 1. The van der Waals surface area contributed by atoms with Gasteiger partial charge in [0.2, 0.25) is 11.4 Å². The topological polar surface area (TPSA) is 149 Å². The number of likely N-dealkylation sites (tertiary alicyclic amines) is 1. The summed E-state index contributed by atoms with van der Waals surface area (Å²) in [6.45, 7) is 10.3. The summed E-state index contributed by atoms with van der Waals surface area (Å²) in [7, 11) is 1.58. The molecule has 0 bridgehead atoms. The van der Waals surface area contributed by atoms with Gasteiger partial charge < -0.3 is 25.2 Å². The minimum Gasteiger partial charge on any atom is -0.497 e. The van der Waals surface area contributed by atoms with E-state index in [1.54, 1.807) is 24.2 Å². The van der Waals surface area contributed by atoms with Crippen molar-refractivity contribution in [1.29, 1.82) is 0 Å². The molecule has 3 N–H and O–H groups in total. The standard InChI is InChI=1S/C44H48N4O7/c1-6-30-24-44(30,42(52)53)48(41(51)34(43(2,3)4)22-39(49)47-19-18-27-12-10-11-15-29(27)25-47)26-32(21-37(48)40(45)50)55-38-23-35(28-13-8-7-9-14-28)46-36-20-31(54-5)16-17-33(36)38/h6-17,20,23,30,32,34,37H,1,18-19,21-22,24-26H2,2-5H3,(H2-,45,50,52,53)/p+1/t30?,32-,34-,37+,44?,48?/m1/s1. The number of hydrogen-bond donors (Lipinski definition) is 2. The van der Waals surface area contributed by atoms with E-state index in [1.807, 2.05) is 87.5 Å². The first-order chi connectivity index (χ1) is 26.2. The van der Waals surface area contributed by atoms with Gasteiger partial charge in [-0.1, -0.05) is 81.4 Å². The lowest BCUT2D eigenvalue weighted by Gasteiger charge is -2.45. The number of fused-ring (bicyclic) bond motifs is 2. The Hall–Kier alpha value is -5.55. The summed E-state index contributed by atoms with van der Waals surface area (Å²) in [5.41, 5.74) is 8.05. The molecule has 3 unspecified atom stereocenters. The third-order valence-electron chi connectivity index (χ3n) is 12.1. The molecule has 4 aromatic rings. The van der Waals surface area contributed by atoms with Crippen LogP contribution in [0.1, 0.15) is 51.2 Å². The van der Waals surface area contributed by atoms with Gasteiger partial charge in [-0.2, -0.15) is 0 Å². The normalized spacial score (nSPS) is 25.1. The Morgan fingerprint density at radius 1 is 1.05 bits per heavy atom. The lowest BCUT2D eigenvalue weighted by atomic mass is 9.76. The molecule has 11 nitrogen and oxygen atoms in total. The van der Waals surface area contributed by atoms with Crippen molar-refractivity contribution in [3.8, 4) is 22.8 Å². The van der Waals surface area contributed by atoms with E-state index in [2.05, 4.69) is 12.6 Å². The van der Waals surface area contributed by atoms with Crippen LogP contribution in [-0.4, -0.2) is 81.0 Å². The Morgan fingerprint density at radius 3 is 2.40 bits per heavy atom. The lowest BCUT2D eigenvalue weighted by molar-refractivity contribution is -0.889. The molecule has 1 aliphatic carbocycles. The van der Waals surface area contributed by atoms with Crippen molar-refractivity contribution >= 4 is 34.6 Å². The third-order valence-corrected chi connectivity index (χ3v) is 12.1. The van der Waals surface area contributed by atoms with Crippen LogP contribution in [-0.2, 0) is 32.1 Å². The average Bonchev–Trinajstić information content (AvgIpc) is 3.82. The number of benzene rings is 3. The fourth-order valence-electron chi connectivity index (χ4n) is 9.07. The molecule has 1 saturated carbocycles. The maximum atomic E-state index is 15.6. The van der Waals surface area contributed by atoms with Crippen molar-refractivity contribution in [2.45, 2.75) is 70.7 Å². The summed E-state index contributed by atoms with van der Waals surface area (Å²) in [5, 5.41) is 11.7. The van der Waals surface area contributed by atoms with E-state index in [-0.39, 0.29) is 31.7 Å². The summed E-state index contributed by atoms with van der Waals surface area (Å²) in [6.07, 6.45) is 1.39. The molecule has 1 aromatic heterocycles. The number of primary amides is 1. The van der Waals surface area contributed by atoms with E-state index in [4.69, 9.17) is 20.2 Å². The van der Waals surface area contributed by atoms with Crippen molar-refractivity contribution in [2.75, 3.05) is 20.2 Å². The van der Waals surface area contributed by atoms with E-state index < -0.39 is 57.2 Å². The van der Waals surface area contributed by atoms with Gasteiger partial charge in [0.1, 0.15) is 18.0 Å². The van der Waals surface area contributed by atoms with Crippen LogP contribution in [0.3, 0.4) is 0 Å². The second-order valence-electron chi connectivity index (χ2n) is 16.3. The molecular weight excluding hydrogens is 697 g/mol. The Labute approximate surface area is 321 Å². The number of methoxy groups -OCH3 is 1. The van der Waals surface area contributed by atoms with Gasteiger partial charge in [-0.3, -0.25) is 9.59 Å². The van der Waals surface area contributed by atoms with Gasteiger partial charge >= 0.3 is 11.9 Å². The SMILES string of the molecule is C=CC1CC1(C(=O)O)[N+]1(C(=O)[C@@H](CC(=O)N2CCc3ccccc3C2)C(C)(C)C)C[C@H](Oc2cc(-c3ccccc3)nc3cc(OC)ccc23)C[C@H]1C(N)=O. The maximum Gasteiger partial charge on any atom is 0.366 e. The number of carbonyl (C=O) groups is 4. The van der Waals surface area contributed by atoms with Crippen LogP contribution in [0.15, 0.2) is 91.5 Å². The number of aliphatic carboxylic acids is 1. The summed E-state index contributed by atoms with van der Waals surface area (Å²) >= 11 is 0. The molecule has 3 amide bonds. The van der Waals surface area contributed by atoms with Crippen molar-refractivity contribution in [2.24, 2.45) is 23.0 Å². The molecular formula is C44H49N4O7+. The van der Waals surface area contributed by atoms with Gasteiger partial charge in [-0.05, 0) is 35.1 Å². The Balaban J connectivity index is 1.30. The first-order valence-electron chi connectivity index (χ1n) is 18.9. The van der Waals surface area contributed by atoms with Crippen LogP contribution >= 0.6 is 0 Å². The largest absolute Gasteiger partial charge is 0.497 e. The molecule has 2 aliphatic heterocycles. The molecule has 11 heteroatoms. The van der Waals surface area contributed by atoms with Crippen LogP contribution in [0.5, 0.6) is 11.5 Å². The summed E-state index contributed by atoms with van der Waals surface area (Å²) in [6, 6.07) is 23.7. The van der Waals surface area contributed by atoms with E-state index in [0.717, 1.165) is 11.1 Å². The number of carboxylic acids is 1. The Bertz CT molecular complexity index is 2180. The molecule has 3 heterocycles. The summed E-state index contributed by atoms with van der Waals surface area (Å²) < 4.78 is 11.5. The van der Waals surface area contributed by atoms with Gasteiger partial charge in [0, 0.05) is 49.0 Å². The van der Waals surface area contributed by atoms with Gasteiger partial charge in [0.15, 0.2) is 12.1 Å². The van der Waals surface area contributed by atoms with E-state index in [0.29, 0.717) is 47.6 Å². The molecule has 3 aliphatic rings. The lowest BCUT2D eigenvalue weighted by Crippen LogP contribution is -2.72. The zero-order valence-electron chi connectivity index (χ0n) is 31.9. The number of aromatic nitrogens is 1. The van der Waals surface area contributed by atoms with Crippen molar-refractivity contribution < 1.29 is 38.2 Å². The molecule has 7 rings (SSSR count). The fourth-order valence-corrected chi connectivity index (χ4v) is 9.07. The molecule has 2 fully saturated rings. The molecule has 0 radical (unpaired) electrons. The highest BCUT2D eigenvalue weighted by Gasteiger charge is 2.81. The number of pyridine rings is 1. The zero-order valence-corrected chi connectivity index (χ0v) is 31.9. The van der Waals surface area contributed by atoms with Gasteiger partial charge in [0.25, 0.3) is 5.91 Å². The van der Waals surface area contributed by atoms with Crippen LogP contribution in [0.25, 0.3) is 22.2 Å². The predicted molar refractivity (Wildman–Crippen MR) is 208 cm³/mol. The van der Waals surface area contributed by atoms with Gasteiger partial charge in [-0.25, -0.2) is 19.1 Å². The highest BCUT2D eigenvalue weighted by atomic mass is 16.5. The first kappa shape index (κ1) is 37.8. The number of hydrogen-bond acceptors (Lipinski definition) is 7. The van der Waals surface area contributed by atoms with Crippen LogP contribution < -0.4 is 15.2 Å². The fraction of sp³-hybridized carbons (Fsp3) is 0.386.